The zero-order valence-electron chi connectivity index (χ0n) is 9.56. The van der Waals surface area contributed by atoms with E-state index in [4.69, 9.17) is 22.7 Å². The molecule has 17 heavy (non-hydrogen) atoms. The Labute approximate surface area is 103 Å². The fraction of sp³-hybridized carbons (Fsp3) is 0.273. The van der Waals surface area contributed by atoms with Crippen LogP contribution in [0.4, 0.5) is 0 Å². The number of hydrogen-bond acceptors (Lipinski definition) is 3. The third-order valence-corrected chi connectivity index (χ3v) is 3.02. The molecule has 2 aromatic rings. The van der Waals surface area contributed by atoms with Gasteiger partial charge in [-0.1, -0.05) is 0 Å². The highest BCUT2D eigenvalue weighted by Crippen LogP contribution is 2.23. The lowest BCUT2D eigenvalue weighted by Gasteiger charge is -2.10. The average Bonchev–Trinajstić information content (AvgIpc) is 2.62. The summed E-state index contributed by atoms with van der Waals surface area (Å²) < 4.78 is 7.30. The number of nitrogens with one attached hydrogen (secondary N) is 1. The Kier molecular flexibility index (Phi) is 2.89. The first-order valence-electron chi connectivity index (χ1n) is 5.12. The van der Waals surface area contributed by atoms with Crippen LogP contribution in [-0.2, 0) is 4.79 Å². The molecule has 1 amide bonds. The van der Waals surface area contributed by atoms with E-state index in [1.165, 1.54) is 0 Å². The van der Waals surface area contributed by atoms with Gasteiger partial charge in [0.15, 0.2) is 4.77 Å². The first-order chi connectivity index (χ1) is 8.04. The second kappa shape index (κ2) is 4.21. The number of aromatic nitrogens is 2. The summed E-state index contributed by atoms with van der Waals surface area (Å²) in [5, 5.41) is 0. The Balaban J connectivity index is 2.68. The van der Waals surface area contributed by atoms with Gasteiger partial charge in [0.25, 0.3) is 0 Å². The summed E-state index contributed by atoms with van der Waals surface area (Å²) in [7, 11) is 1.60. The van der Waals surface area contributed by atoms with E-state index in [0.29, 0.717) is 4.77 Å². The van der Waals surface area contributed by atoms with Crippen molar-refractivity contribution in [3.63, 3.8) is 0 Å². The van der Waals surface area contributed by atoms with Gasteiger partial charge in [-0.25, -0.2) is 0 Å². The van der Waals surface area contributed by atoms with Crippen molar-refractivity contribution in [2.24, 2.45) is 5.73 Å². The van der Waals surface area contributed by atoms with Crippen LogP contribution >= 0.6 is 12.2 Å². The number of primary amides is 1. The summed E-state index contributed by atoms with van der Waals surface area (Å²) in [6, 6.07) is 5.01. The quantitative estimate of drug-likeness (QED) is 0.816. The first-order valence-corrected chi connectivity index (χ1v) is 5.53. The van der Waals surface area contributed by atoms with Crippen LogP contribution in [-0.4, -0.2) is 22.6 Å². The van der Waals surface area contributed by atoms with Crippen LogP contribution in [0, 0.1) is 4.77 Å². The van der Waals surface area contributed by atoms with E-state index in [2.05, 4.69) is 4.98 Å². The Morgan fingerprint density at radius 3 is 2.88 bits per heavy atom. The molecule has 0 aliphatic heterocycles. The van der Waals surface area contributed by atoms with E-state index in [9.17, 15) is 4.79 Å². The molecule has 0 bridgehead atoms. The molecule has 0 aliphatic rings. The lowest BCUT2D eigenvalue weighted by molar-refractivity contribution is -0.120. The number of benzene rings is 1. The highest BCUT2D eigenvalue weighted by Gasteiger charge is 2.15. The highest BCUT2D eigenvalue weighted by molar-refractivity contribution is 7.71. The van der Waals surface area contributed by atoms with Crippen LogP contribution in [0.2, 0.25) is 0 Å². The molecule has 6 heteroatoms. The van der Waals surface area contributed by atoms with E-state index in [1.807, 2.05) is 18.2 Å². The number of imidazole rings is 1. The molecule has 0 fully saturated rings. The topological polar surface area (TPSA) is 73.0 Å². The van der Waals surface area contributed by atoms with Crippen molar-refractivity contribution < 1.29 is 9.53 Å². The molecule has 1 atom stereocenters. The molecule has 0 saturated heterocycles. The van der Waals surface area contributed by atoms with Crippen molar-refractivity contribution in [3.8, 4) is 5.75 Å². The van der Waals surface area contributed by atoms with E-state index < -0.39 is 11.9 Å². The maximum atomic E-state index is 11.2. The Morgan fingerprint density at radius 1 is 1.59 bits per heavy atom. The van der Waals surface area contributed by atoms with Crippen LogP contribution < -0.4 is 10.5 Å². The van der Waals surface area contributed by atoms with Crippen LogP contribution in [0.15, 0.2) is 18.2 Å². The molecule has 0 aliphatic carbocycles. The number of fused-ring (bicyclic) bond motifs is 1. The number of H-pyrrole nitrogens is 1. The summed E-state index contributed by atoms with van der Waals surface area (Å²) in [5.41, 5.74) is 6.96. The highest BCUT2D eigenvalue weighted by atomic mass is 32.1. The van der Waals surface area contributed by atoms with Gasteiger partial charge in [-0.15, -0.1) is 0 Å². The van der Waals surface area contributed by atoms with Gasteiger partial charge >= 0.3 is 0 Å². The molecule has 3 N–H and O–H groups in total. The number of aromatic amines is 1. The van der Waals surface area contributed by atoms with Crippen LogP contribution in [0.5, 0.6) is 5.75 Å². The zero-order valence-corrected chi connectivity index (χ0v) is 10.4. The summed E-state index contributed by atoms with van der Waals surface area (Å²) in [6.07, 6.45) is 0. The molecule has 1 heterocycles. The lowest BCUT2D eigenvalue weighted by Crippen LogP contribution is -2.23. The van der Waals surface area contributed by atoms with Gasteiger partial charge in [-0.05, 0) is 31.3 Å². The van der Waals surface area contributed by atoms with Gasteiger partial charge in [-0.3, -0.25) is 4.79 Å². The lowest BCUT2D eigenvalue weighted by atomic mass is 10.2. The Morgan fingerprint density at radius 2 is 2.29 bits per heavy atom. The molecule has 5 nitrogen and oxygen atoms in total. The number of ether oxygens (including phenoxy) is 1. The number of nitrogens with two attached hydrogens (primary N) is 1. The molecule has 1 unspecified atom stereocenters. The number of carbonyl (C=O) groups is 1. The molecular formula is C11H13N3O2S. The van der Waals surface area contributed by atoms with Crippen LogP contribution in [0.25, 0.3) is 11.0 Å². The van der Waals surface area contributed by atoms with Crippen molar-refractivity contribution in [1.82, 2.24) is 9.55 Å². The monoisotopic (exact) mass is 251 g/mol. The minimum Gasteiger partial charge on any atom is -0.497 e. The van der Waals surface area contributed by atoms with Crippen molar-refractivity contribution in [2.75, 3.05) is 7.11 Å². The van der Waals surface area contributed by atoms with E-state index in [-0.39, 0.29) is 0 Å². The fourth-order valence-electron chi connectivity index (χ4n) is 1.75. The van der Waals surface area contributed by atoms with Gasteiger partial charge in [0, 0.05) is 6.07 Å². The zero-order chi connectivity index (χ0) is 12.6. The standard InChI is InChI=1S/C11H13N3O2S/c1-6(10(12)15)14-9-4-3-7(16-2)5-8(9)13-11(14)17/h3-6H,1-2H3,(H2,12,15)(H,13,17). The third kappa shape index (κ3) is 1.91. The number of amides is 1. The molecule has 0 spiro atoms. The average molecular weight is 251 g/mol. The second-order valence-corrected chi connectivity index (χ2v) is 4.15. The SMILES string of the molecule is COc1ccc2c(c1)[nH]c(=S)n2C(C)C(N)=O. The predicted octanol–water partition coefficient (Wildman–Crippen LogP) is 1.75. The summed E-state index contributed by atoms with van der Waals surface area (Å²) in [4.78, 5) is 14.3. The summed E-state index contributed by atoms with van der Waals surface area (Å²) >= 11 is 5.19. The first kappa shape index (κ1) is 11.7. The van der Waals surface area contributed by atoms with Crippen molar-refractivity contribution in [3.05, 3.63) is 23.0 Å². The molecule has 0 radical (unpaired) electrons. The van der Waals surface area contributed by atoms with E-state index in [1.54, 1.807) is 18.6 Å². The maximum Gasteiger partial charge on any atom is 0.240 e. The smallest absolute Gasteiger partial charge is 0.240 e. The van der Waals surface area contributed by atoms with Crippen molar-refractivity contribution in [1.29, 1.82) is 0 Å². The van der Waals surface area contributed by atoms with Crippen LogP contribution in [0.1, 0.15) is 13.0 Å². The second-order valence-electron chi connectivity index (χ2n) is 3.76. The Hall–Kier alpha value is -1.82. The van der Waals surface area contributed by atoms with E-state index >= 15 is 0 Å². The summed E-state index contributed by atoms with van der Waals surface area (Å²) in [6.45, 7) is 1.72. The predicted molar refractivity (Wildman–Crippen MR) is 67.6 cm³/mol. The normalized spacial score (nSPS) is 12.6. The fourth-order valence-corrected chi connectivity index (χ4v) is 2.12. The number of carbonyl (C=O) groups excluding carboxylic acids is 1. The van der Waals surface area contributed by atoms with Gasteiger partial charge in [0.2, 0.25) is 5.91 Å². The minimum atomic E-state index is -0.482. The van der Waals surface area contributed by atoms with Gasteiger partial charge in [-0.2, -0.15) is 0 Å². The maximum absolute atomic E-state index is 11.2. The number of methoxy groups -OCH3 is 1. The molecule has 2 rings (SSSR count). The molecular weight excluding hydrogens is 238 g/mol. The largest absolute Gasteiger partial charge is 0.497 e. The molecule has 1 aromatic carbocycles. The van der Waals surface area contributed by atoms with Gasteiger partial charge in [0.1, 0.15) is 11.8 Å². The number of hydrogen-bond donors (Lipinski definition) is 2. The van der Waals surface area contributed by atoms with Crippen LogP contribution in [0.3, 0.4) is 0 Å². The van der Waals surface area contributed by atoms with Gasteiger partial charge < -0.3 is 20.0 Å². The Bertz CT molecular complexity index is 629. The molecule has 0 saturated carbocycles. The number of nitrogens with zero attached hydrogens (tertiary/aromatic N) is 1. The van der Waals surface area contributed by atoms with Crippen molar-refractivity contribution >= 4 is 29.2 Å². The molecule has 90 valence electrons. The third-order valence-electron chi connectivity index (χ3n) is 2.72. The number of rotatable bonds is 3. The molecule has 1 aromatic heterocycles. The van der Waals surface area contributed by atoms with E-state index in [0.717, 1.165) is 16.8 Å². The summed E-state index contributed by atoms with van der Waals surface area (Å²) in [5.74, 6) is 0.311. The van der Waals surface area contributed by atoms with Crippen molar-refractivity contribution in [2.45, 2.75) is 13.0 Å². The van der Waals surface area contributed by atoms with Gasteiger partial charge in [0.05, 0.1) is 18.1 Å². The minimum absolute atomic E-state index is 0.419.